The van der Waals surface area contributed by atoms with E-state index in [4.69, 9.17) is 0 Å². The lowest BCUT2D eigenvalue weighted by Gasteiger charge is -2.10. The average Bonchev–Trinajstić information content (AvgIpc) is 2.18. The highest BCUT2D eigenvalue weighted by Gasteiger charge is 2.11. The molecule has 15 heavy (non-hydrogen) atoms. The van der Waals surface area contributed by atoms with Crippen molar-refractivity contribution in [2.24, 2.45) is 5.92 Å². The summed E-state index contributed by atoms with van der Waals surface area (Å²) in [4.78, 5) is 15.8. The summed E-state index contributed by atoms with van der Waals surface area (Å²) in [6.07, 6.45) is 0. The molecule has 1 heterocycles. The van der Waals surface area contributed by atoms with E-state index in [1.807, 2.05) is 33.0 Å². The van der Waals surface area contributed by atoms with Crippen LogP contribution in [-0.2, 0) is 4.79 Å². The summed E-state index contributed by atoms with van der Waals surface area (Å²) < 4.78 is 0. The second-order valence-electron chi connectivity index (χ2n) is 3.61. The lowest BCUT2D eigenvalue weighted by molar-refractivity contribution is -0.119. The van der Waals surface area contributed by atoms with Gasteiger partial charge in [0.15, 0.2) is 0 Å². The molecule has 1 unspecified atom stereocenters. The van der Waals surface area contributed by atoms with Crippen molar-refractivity contribution >= 4 is 11.7 Å². The molecule has 0 saturated heterocycles. The van der Waals surface area contributed by atoms with Gasteiger partial charge in [0.1, 0.15) is 5.82 Å². The summed E-state index contributed by atoms with van der Waals surface area (Å²) in [6, 6.07) is 5.56. The fourth-order valence-electron chi connectivity index (χ4n) is 1.26. The predicted octanol–water partition coefficient (Wildman–Crippen LogP) is 1.18. The largest absolute Gasteiger partial charge is 0.319 e. The Kier molecular flexibility index (Phi) is 4.24. The molecule has 0 spiro atoms. The van der Waals surface area contributed by atoms with Crippen LogP contribution in [0.5, 0.6) is 0 Å². The second-order valence-corrected chi connectivity index (χ2v) is 3.61. The van der Waals surface area contributed by atoms with Gasteiger partial charge in [-0.2, -0.15) is 0 Å². The first kappa shape index (κ1) is 11.7. The number of carbonyl (C=O) groups excluding carboxylic acids is 1. The van der Waals surface area contributed by atoms with Crippen LogP contribution in [0.1, 0.15) is 12.6 Å². The Balaban J connectivity index is 2.58. The molecule has 0 aliphatic heterocycles. The molecule has 1 aromatic heterocycles. The normalized spacial score (nSPS) is 12.2. The topological polar surface area (TPSA) is 54.0 Å². The zero-order valence-corrected chi connectivity index (χ0v) is 9.37. The van der Waals surface area contributed by atoms with E-state index in [-0.39, 0.29) is 11.8 Å². The Morgan fingerprint density at radius 2 is 2.27 bits per heavy atom. The number of nitrogens with zero attached hydrogens (tertiary/aromatic N) is 1. The number of aryl methyl sites for hydroxylation is 1. The van der Waals surface area contributed by atoms with Crippen molar-refractivity contribution in [2.75, 3.05) is 18.9 Å². The lowest BCUT2D eigenvalue weighted by atomic mass is 10.1. The molecule has 1 atom stereocenters. The van der Waals surface area contributed by atoms with Crippen molar-refractivity contribution < 1.29 is 4.79 Å². The molecule has 0 aliphatic carbocycles. The SMILES string of the molecule is CNCC(C)C(=O)Nc1cccc(C)n1. The molecule has 2 N–H and O–H groups in total. The molecule has 0 saturated carbocycles. The van der Waals surface area contributed by atoms with Gasteiger partial charge in [0.2, 0.25) is 5.91 Å². The maximum Gasteiger partial charge on any atom is 0.229 e. The number of anilines is 1. The van der Waals surface area contributed by atoms with Gasteiger partial charge in [-0.3, -0.25) is 4.79 Å². The van der Waals surface area contributed by atoms with Crippen LogP contribution in [0.2, 0.25) is 0 Å². The molecule has 0 radical (unpaired) electrons. The Hall–Kier alpha value is -1.42. The number of hydrogen-bond acceptors (Lipinski definition) is 3. The molecule has 1 rings (SSSR count). The predicted molar refractivity (Wildman–Crippen MR) is 60.7 cm³/mol. The number of hydrogen-bond donors (Lipinski definition) is 2. The highest BCUT2D eigenvalue weighted by atomic mass is 16.1. The van der Waals surface area contributed by atoms with E-state index < -0.39 is 0 Å². The molecule has 0 aromatic carbocycles. The summed E-state index contributed by atoms with van der Waals surface area (Å²) in [7, 11) is 1.83. The Bertz CT molecular complexity index is 338. The Morgan fingerprint density at radius 1 is 1.53 bits per heavy atom. The molecule has 0 bridgehead atoms. The van der Waals surface area contributed by atoms with Crippen LogP contribution in [0.4, 0.5) is 5.82 Å². The number of rotatable bonds is 4. The molecule has 0 aliphatic rings. The molecule has 4 nitrogen and oxygen atoms in total. The van der Waals surface area contributed by atoms with Crippen LogP contribution in [0, 0.1) is 12.8 Å². The van der Waals surface area contributed by atoms with Crippen LogP contribution < -0.4 is 10.6 Å². The first-order valence-corrected chi connectivity index (χ1v) is 5.02. The highest BCUT2D eigenvalue weighted by molar-refractivity contribution is 5.91. The van der Waals surface area contributed by atoms with Crippen molar-refractivity contribution in [3.05, 3.63) is 23.9 Å². The summed E-state index contributed by atoms with van der Waals surface area (Å²) >= 11 is 0. The van der Waals surface area contributed by atoms with Gasteiger partial charge in [-0.1, -0.05) is 13.0 Å². The van der Waals surface area contributed by atoms with Gasteiger partial charge in [-0.05, 0) is 26.1 Å². The first-order valence-electron chi connectivity index (χ1n) is 5.02. The van der Waals surface area contributed by atoms with Gasteiger partial charge < -0.3 is 10.6 Å². The zero-order valence-electron chi connectivity index (χ0n) is 9.37. The van der Waals surface area contributed by atoms with Gasteiger partial charge in [0.25, 0.3) is 0 Å². The minimum Gasteiger partial charge on any atom is -0.319 e. The molecular weight excluding hydrogens is 190 g/mol. The van der Waals surface area contributed by atoms with Crippen LogP contribution >= 0.6 is 0 Å². The zero-order chi connectivity index (χ0) is 11.3. The van der Waals surface area contributed by atoms with Crippen molar-refractivity contribution in [1.29, 1.82) is 0 Å². The summed E-state index contributed by atoms with van der Waals surface area (Å²) in [6.45, 7) is 4.44. The molecule has 1 amide bonds. The summed E-state index contributed by atoms with van der Waals surface area (Å²) in [5.41, 5.74) is 0.897. The Labute approximate surface area is 90.1 Å². The standard InChI is InChI=1S/C11H17N3O/c1-8(7-12-3)11(15)14-10-6-4-5-9(2)13-10/h4-6,8,12H,7H2,1-3H3,(H,13,14,15). The number of nitrogens with one attached hydrogen (secondary N) is 2. The second kappa shape index (κ2) is 5.46. The molecule has 82 valence electrons. The van der Waals surface area contributed by atoms with E-state index in [0.29, 0.717) is 12.4 Å². The smallest absolute Gasteiger partial charge is 0.229 e. The van der Waals surface area contributed by atoms with Crippen LogP contribution in [0.15, 0.2) is 18.2 Å². The van der Waals surface area contributed by atoms with Crippen LogP contribution in [0.3, 0.4) is 0 Å². The van der Waals surface area contributed by atoms with E-state index >= 15 is 0 Å². The maximum absolute atomic E-state index is 11.6. The first-order chi connectivity index (χ1) is 7.13. The molecule has 1 aromatic rings. The van der Waals surface area contributed by atoms with Gasteiger partial charge >= 0.3 is 0 Å². The van der Waals surface area contributed by atoms with Gasteiger partial charge in [0, 0.05) is 18.2 Å². The summed E-state index contributed by atoms with van der Waals surface area (Å²) in [5, 5.41) is 5.74. The van der Waals surface area contributed by atoms with Crippen LogP contribution in [0.25, 0.3) is 0 Å². The number of carbonyl (C=O) groups is 1. The van der Waals surface area contributed by atoms with E-state index in [1.165, 1.54) is 0 Å². The van der Waals surface area contributed by atoms with Gasteiger partial charge in [0.05, 0.1) is 0 Å². The third kappa shape index (κ3) is 3.67. The van der Waals surface area contributed by atoms with Crippen molar-refractivity contribution in [3.63, 3.8) is 0 Å². The fourth-order valence-corrected chi connectivity index (χ4v) is 1.26. The van der Waals surface area contributed by atoms with E-state index in [1.54, 1.807) is 6.07 Å². The van der Waals surface area contributed by atoms with Crippen LogP contribution in [-0.4, -0.2) is 24.5 Å². The third-order valence-corrected chi connectivity index (χ3v) is 2.10. The van der Waals surface area contributed by atoms with E-state index in [0.717, 1.165) is 5.69 Å². The molecular formula is C11H17N3O. The summed E-state index contributed by atoms with van der Waals surface area (Å²) in [5.74, 6) is 0.544. The third-order valence-electron chi connectivity index (χ3n) is 2.10. The van der Waals surface area contributed by atoms with Gasteiger partial charge in [-0.15, -0.1) is 0 Å². The quantitative estimate of drug-likeness (QED) is 0.779. The van der Waals surface area contributed by atoms with E-state index in [2.05, 4.69) is 15.6 Å². The monoisotopic (exact) mass is 207 g/mol. The number of pyridine rings is 1. The fraction of sp³-hybridized carbons (Fsp3) is 0.455. The minimum absolute atomic E-state index is 0.0116. The highest BCUT2D eigenvalue weighted by Crippen LogP contribution is 2.05. The number of amides is 1. The maximum atomic E-state index is 11.6. The number of aromatic nitrogens is 1. The van der Waals surface area contributed by atoms with Gasteiger partial charge in [-0.25, -0.2) is 4.98 Å². The molecule has 4 heteroatoms. The lowest BCUT2D eigenvalue weighted by Crippen LogP contribution is -2.28. The van der Waals surface area contributed by atoms with Crippen molar-refractivity contribution in [1.82, 2.24) is 10.3 Å². The minimum atomic E-state index is -0.0580. The molecule has 0 fully saturated rings. The van der Waals surface area contributed by atoms with Crippen molar-refractivity contribution in [3.8, 4) is 0 Å². The average molecular weight is 207 g/mol. The van der Waals surface area contributed by atoms with E-state index in [9.17, 15) is 4.79 Å². The Morgan fingerprint density at radius 3 is 2.87 bits per heavy atom. The van der Waals surface area contributed by atoms with Crippen molar-refractivity contribution in [2.45, 2.75) is 13.8 Å².